The Morgan fingerprint density at radius 2 is 1.70 bits per heavy atom. The second kappa shape index (κ2) is 6.73. The standard InChI is InChI=1S/C23H23N5O2/c1-4-26-21(29)19-20(25(3)23(26)30)24-22-27(19)14-18(16-8-6-5-7-9-16)28(22)17-12-10-15(2)11-13-17/h5-14,19-20H,4H2,1-3H3. The summed E-state index contributed by atoms with van der Waals surface area (Å²) < 4.78 is 0. The Morgan fingerprint density at radius 3 is 2.37 bits per heavy atom. The molecule has 0 radical (unpaired) electrons. The van der Waals surface area contributed by atoms with Gasteiger partial charge in [0.15, 0.2) is 12.2 Å². The predicted octanol–water partition coefficient (Wildman–Crippen LogP) is 3.09. The summed E-state index contributed by atoms with van der Waals surface area (Å²) in [5, 5.41) is 0. The number of carbonyl (C=O) groups excluding carboxylic acids is 2. The number of urea groups is 1. The Balaban J connectivity index is 1.64. The van der Waals surface area contributed by atoms with Gasteiger partial charge >= 0.3 is 6.03 Å². The minimum absolute atomic E-state index is 0.209. The highest BCUT2D eigenvalue weighted by Gasteiger charge is 2.54. The van der Waals surface area contributed by atoms with Crippen molar-refractivity contribution < 1.29 is 9.59 Å². The molecule has 1 saturated heterocycles. The highest BCUT2D eigenvalue weighted by atomic mass is 16.2. The second-order valence-electron chi connectivity index (χ2n) is 7.72. The van der Waals surface area contributed by atoms with E-state index in [2.05, 4.69) is 29.2 Å². The van der Waals surface area contributed by atoms with E-state index in [1.165, 1.54) is 10.5 Å². The lowest BCUT2D eigenvalue weighted by molar-refractivity contribution is -0.136. The van der Waals surface area contributed by atoms with Gasteiger partial charge in [0.05, 0.1) is 5.70 Å². The van der Waals surface area contributed by atoms with Crippen molar-refractivity contribution in [3.8, 4) is 0 Å². The number of aryl methyl sites for hydroxylation is 1. The van der Waals surface area contributed by atoms with Gasteiger partial charge in [-0.1, -0.05) is 48.0 Å². The van der Waals surface area contributed by atoms with Crippen molar-refractivity contribution in [1.29, 1.82) is 0 Å². The molecule has 3 heterocycles. The van der Waals surface area contributed by atoms with E-state index < -0.39 is 12.2 Å². The molecule has 5 rings (SSSR count). The number of likely N-dealkylation sites (N-methyl/N-ethyl adjacent to an activating group) is 2. The van der Waals surface area contributed by atoms with E-state index in [-0.39, 0.29) is 11.9 Å². The molecule has 0 N–H and O–H groups in total. The van der Waals surface area contributed by atoms with Crippen LogP contribution in [0.1, 0.15) is 18.1 Å². The van der Waals surface area contributed by atoms with Crippen LogP contribution in [0.2, 0.25) is 0 Å². The first-order valence-electron chi connectivity index (χ1n) is 10.1. The third kappa shape index (κ3) is 2.55. The van der Waals surface area contributed by atoms with Crippen LogP contribution in [0.3, 0.4) is 0 Å². The van der Waals surface area contributed by atoms with Crippen LogP contribution in [0.15, 0.2) is 65.8 Å². The number of hydrogen-bond donors (Lipinski definition) is 0. The monoisotopic (exact) mass is 401 g/mol. The van der Waals surface area contributed by atoms with Gasteiger partial charge in [0.25, 0.3) is 5.91 Å². The van der Waals surface area contributed by atoms with E-state index in [1.807, 2.05) is 55.3 Å². The quantitative estimate of drug-likeness (QED) is 0.793. The molecule has 152 valence electrons. The summed E-state index contributed by atoms with van der Waals surface area (Å²) >= 11 is 0. The van der Waals surface area contributed by atoms with Gasteiger partial charge in [0.2, 0.25) is 5.96 Å². The van der Waals surface area contributed by atoms with Crippen molar-refractivity contribution in [2.45, 2.75) is 26.1 Å². The number of benzene rings is 2. The van der Waals surface area contributed by atoms with Crippen LogP contribution < -0.4 is 4.90 Å². The van der Waals surface area contributed by atoms with E-state index in [9.17, 15) is 9.59 Å². The summed E-state index contributed by atoms with van der Waals surface area (Å²) in [5.41, 5.74) is 4.12. The number of anilines is 1. The predicted molar refractivity (Wildman–Crippen MR) is 115 cm³/mol. The van der Waals surface area contributed by atoms with Crippen molar-refractivity contribution >= 4 is 29.3 Å². The fraction of sp³-hybridized carbons (Fsp3) is 0.261. The average molecular weight is 401 g/mol. The first-order chi connectivity index (χ1) is 14.5. The summed E-state index contributed by atoms with van der Waals surface area (Å²) in [7, 11) is 1.71. The third-order valence-corrected chi connectivity index (χ3v) is 5.89. The SMILES string of the molecule is CCN1C(=O)C2C(N=C3N(c4ccc(C)cc4)C(c4ccccc4)=CN32)N(C)C1=O. The number of carbonyl (C=O) groups is 2. The Morgan fingerprint density at radius 1 is 1.00 bits per heavy atom. The average Bonchev–Trinajstić information content (AvgIpc) is 3.30. The highest BCUT2D eigenvalue weighted by molar-refractivity contribution is 6.16. The second-order valence-corrected chi connectivity index (χ2v) is 7.72. The van der Waals surface area contributed by atoms with Gasteiger partial charge in [-0.15, -0.1) is 0 Å². The van der Waals surface area contributed by atoms with Gasteiger partial charge in [-0.25, -0.2) is 9.79 Å². The zero-order valence-electron chi connectivity index (χ0n) is 17.2. The Bertz CT molecular complexity index is 1080. The summed E-state index contributed by atoms with van der Waals surface area (Å²) in [5.74, 6) is 0.456. The maximum absolute atomic E-state index is 13.2. The summed E-state index contributed by atoms with van der Waals surface area (Å²) in [4.78, 5) is 37.5. The number of nitrogens with zero attached hydrogens (tertiary/aromatic N) is 5. The molecule has 30 heavy (non-hydrogen) atoms. The zero-order valence-corrected chi connectivity index (χ0v) is 17.2. The van der Waals surface area contributed by atoms with Crippen LogP contribution in [0, 0.1) is 6.92 Å². The maximum atomic E-state index is 13.2. The molecule has 0 spiro atoms. The lowest BCUT2D eigenvalue weighted by Gasteiger charge is -2.39. The van der Waals surface area contributed by atoms with Crippen molar-refractivity contribution in [1.82, 2.24) is 14.7 Å². The highest BCUT2D eigenvalue weighted by Crippen LogP contribution is 2.39. The molecule has 1 fully saturated rings. The molecule has 0 saturated carbocycles. The minimum Gasteiger partial charge on any atom is -0.302 e. The molecule has 0 bridgehead atoms. The number of aliphatic imine (C=N–C) groups is 1. The van der Waals surface area contributed by atoms with Crippen LogP contribution in [0.25, 0.3) is 5.70 Å². The summed E-state index contributed by atoms with van der Waals surface area (Å²) in [6, 6.07) is 17.4. The largest absolute Gasteiger partial charge is 0.328 e. The lowest BCUT2D eigenvalue weighted by atomic mass is 10.1. The van der Waals surface area contributed by atoms with Gasteiger partial charge < -0.3 is 4.90 Å². The lowest BCUT2D eigenvalue weighted by Crippen LogP contribution is -2.64. The van der Waals surface area contributed by atoms with Crippen molar-refractivity contribution in [3.05, 3.63) is 71.9 Å². The van der Waals surface area contributed by atoms with E-state index in [0.29, 0.717) is 12.5 Å². The number of guanidine groups is 1. The van der Waals surface area contributed by atoms with Crippen LogP contribution in [-0.2, 0) is 4.79 Å². The maximum Gasteiger partial charge on any atom is 0.328 e. The van der Waals surface area contributed by atoms with Crippen LogP contribution in [-0.4, -0.2) is 58.4 Å². The zero-order chi connectivity index (χ0) is 21.0. The van der Waals surface area contributed by atoms with Gasteiger partial charge in [-0.05, 0) is 26.0 Å². The van der Waals surface area contributed by atoms with Crippen molar-refractivity contribution in [2.75, 3.05) is 18.5 Å². The Kier molecular flexibility index (Phi) is 4.13. The minimum atomic E-state index is -0.559. The molecule has 7 heteroatoms. The normalized spacial score (nSPS) is 22.9. The smallest absolute Gasteiger partial charge is 0.302 e. The summed E-state index contributed by atoms with van der Waals surface area (Å²) in [6.07, 6.45) is 1.44. The van der Waals surface area contributed by atoms with Gasteiger partial charge in [0.1, 0.15) is 0 Å². The molecule has 3 aliphatic rings. The van der Waals surface area contributed by atoms with Gasteiger partial charge in [-0.3, -0.25) is 19.5 Å². The van der Waals surface area contributed by atoms with Crippen LogP contribution in [0.4, 0.5) is 10.5 Å². The van der Waals surface area contributed by atoms with Crippen LogP contribution >= 0.6 is 0 Å². The molecule has 0 aliphatic carbocycles. The summed E-state index contributed by atoms with van der Waals surface area (Å²) in [6.45, 7) is 4.20. The number of amides is 3. The molecule has 3 amide bonds. The molecular formula is C23H23N5O2. The Hall–Kier alpha value is -3.61. The van der Waals surface area contributed by atoms with E-state index >= 15 is 0 Å². The topological polar surface area (TPSA) is 59.5 Å². The molecular weight excluding hydrogens is 378 g/mol. The molecule has 2 atom stereocenters. The molecule has 2 aromatic rings. The molecule has 0 aromatic heterocycles. The van der Waals surface area contributed by atoms with E-state index in [1.54, 1.807) is 11.9 Å². The first-order valence-corrected chi connectivity index (χ1v) is 10.1. The molecule has 3 aliphatic heterocycles. The van der Waals surface area contributed by atoms with E-state index in [4.69, 9.17) is 4.99 Å². The Labute approximate surface area is 175 Å². The van der Waals surface area contributed by atoms with Gasteiger partial charge in [0, 0.05) is 31.0 Å². The van der Waals surface area contributed by atoms with Gasteiger partial charge in [-0.2, -0.15) is 0 Å². The number of rotatable bonds is 3. The number of fused-ring (bicyclic) bond motifs is 3. The fourth-order valence-corrected chi connectivity index (χ4v) is 4.29. The third-order valence-electron chi connectivity index (χ3n) is 5.89. The van der Waals surface area contributed by atoms with Crippen molar-refractivity contribution in [2.24, 2.45) is 4.99 Å². The first kappa shape index (κ1) is 18.4. The molecule has 2 unspecified atom stereocenters. The number of imide groups is 1. The fourth-order valence-electron chi connectivity index (χ4n) is 4.29. The number of hydrogen-bond acceptors (Lipinski definition) is 5. The van der Waals surface area contributed by atoms with Crippen molar-refractivity contribution in [3.63, 3.8) is 0 Å². The van der Waals surface area contributed by atoms with E-state index in [0.717, 1.165) is 16.9 Å². The van der Waals surface area contributed by atoms with Crippen LogP contribution in [0.5, 0.6) is 0 Å². The molecule has 2 aromatic carbocycles. The molecule has 7 nitrogen and oxygen atoms in total.